The molecule has 5 unspecified atom stereocenters. The summed E-state index contributed by atoms with van der Waals surface area (Å²) in [5, 5.41) is 0. The van der Waals surface area contributed by atoms with E-state index >= 15 is 0 Å². The van der Waals surface area contributed by atoms with Gasteiger partial charge in [-0.1, -0.05) is 18.2 Å². The number of fused-ring (bicyclic) bond motifs is 2. The largest absolute Gasteiger partial charge is 0.420 e. The summed E-state index contributed by atoms with van der Waals surface area (Å²) in [6, 6.07) is 0. The van der Waals surface area contributed by atoms with E-state index in [-0.39, 0.29) is 35.1 Å². The van der Waals surface area contributed by atoms with Crippen molar-refractivity contribution in [3.63, 3.8) is 0 Å². The first kappa shape index (κ1) is 13.4. The molecule has 6 aliphatic carbocycles. The quantitative estimate of drug-likeness (QED) is 0.725. The lowest BCUT2D eigenvalue weighted by Gasteiger charge is -2.43. The van der Waals surface area contributed by atoms with Gasteiger partial charge in [-0.05, 0) is 43.4 Å². The summed E-state index contributed by atoms with van der Waals surface area (Å²) in [6.07, 6.45) is 8.54. The molecule has 0 aromatic rings. The van der Waals surface area contributed by atoms with E-state index < -0.39 is 11.7 Å². The molecule has 0 aromatic heterocycles. The van der Waals surface area contributed by atoms with Crippen LogP contribution in [0.2, 0.25) is 0 Å². The van der Waals surface area contributed by atoms with Crippen LogP contribution in [0.15, 0.2) is 23.8 Å². The second-order valence-corrected chi connectivity index (χ2v) is 8.53. The fourth-order valence-corrected chi connectivity index (χ4v) is 6.76. The van der Waals surface area contributed by atoms with Crippen molar-refractivity contribution >= 4 is 17.7 Å². The zero-order chi connectivity index (χ0) is 16.3. The van der Waals surface area contributed by atoms with E-state index in [2.05, 4.69) is 0 Å². The molecule has 124 valence electrons. The predicted molar refractivity (Wildman–Crippen MR) is 80.1 cm³/mol. The normalized spacial score (nSPS) is 52.0. The Balaban J connectivity index is 1.27. The van der Waals surface area contributed by atoms with E-state index in [1.165, 1.54) is 0 Å². The molecule has 5 nitrogen and oxygen atoms in total. The second kappa shape index (κ2) is 3.84. The van der Waals surface area contributed by atoms with Gasteiger partial charge in [0.2, 0.25) is 0 Å². The Morgan fingerprint density at radius 1 is 1.25 bits per heavy atom. The van der Waals surface area contributed by atoms with Gasteiger partial charge in [-0.3, -0.25) is 14.4 Å². The summed E-state index contributed by atoms with van der Waals surface area (Å²) in [6.45, 7) is 0. The topological polar surface area (TPSA) is 69.7 Å². The van der Waals surface area contributed by atoms with Crippen LogP contribution < -0.4 is 0 Å². The first-order valence-electron chi connectivity index (χ1n) is 8.86. The van der Waals surface area contributed by atoms with Crippen molar-refractivity contribution in [2.24, 2.45) is 34.5 Å². The Hall–Kier alpha value is -1.91. The number of cyclic esters (lactones) is 1. The number of ketones is 1. The minimum atomic E-state index is -0.880. The number of Topliss-reactive ketones (excluding diaryl/α,β-unsaturated/α-hetero) is 1. The van der Waals surface area contributed by atoms with Crippen LogP contribution in [0.25, 0.3) is 0 Å². The number of hydrogen-bond acceptors (Lipinski definition) is 5. The number of hydrogen-bond donors (Lipinski definition) is 0. The van der Waals surface area contributed by atoms with Crippen molar-refractivity contribution in [2.45, 2.75) is 38.4 Å². The van der Waals surface area contributed by atoms with E-state index in [0.717, 1.165) is 24.8 Å². The smallest absolute Gasteiger partial charge is 0.317 e. The van der Waals surface area contributed by atoms with Crippen molar-refractivity contribution in [3.8, 4) is 0 Å². The Kier molecular flexibility index (Phi) is 2.14. The fraction of sp³-hybridized carbons (Fsp3) is 0.632. The number of esters is 2. The van der Waals surface area contributed by atoms with Crippen molar-refractivity contribution in [1.82, 2.24) is 0 Å². The van der Waals surface area contributed by atoms with E-state index in [1.807, 2.05) is 18.2 Å². The molecule has 0 radical (unpaired) electrons. The van der Waals surface area contributed by atoms with E-state index in [0.29, 0.717) is 24.5 Å². The highest BCUT2D eigenvalue weighted by Crippen LogP contribution is 2.82. The molecule has 1 saturated heterocycles. The van der Waals surface area contributed by atoms with E-state index in [4.69, 9.17) is 9.47 Å². The third-order valence-electron chi connectivity index (χ3n) is 7.73. The van der Waals surface area contributed by atoms with Gasteiger partial charge < -0.3 is 9.47 Å². The molecular formula is C19H18O5. The van der Waals surface area contributed by atoms with Gasteiger partial charge in [0.05, 0.1) is 11.3 Å². The van der Waals surface area contributed by atoms with Crippen LogP contribution in [-0.4, -0.2) is 24.0 Å². The molecule has 0 N–H and O–H groups in total. The SMILES string of the molecule is O=C1OC(OC(=O)C23CC4C5CC4(C2)[C@@H](C3)C5=O)C2=CC=CC[C@H]12. The Morgan fingerprint density at radius 3 is 2.92 bits per heavy atom. The van der Waals surface area contributed by atoms with Crippen LogP contribution in [0.4, 0.5) is 0 Å². The maximum absolute atomic E-state index is 13.0. The van der Waals surface area contributed by atoms with E-state index in [9.17, 15) is 14.4 Å². The molecule has 7 rings (SSSR count). The van der Waals surface area contributed by atoms with Gasteiger partial charge in [-0.25, -0.2) is 0 Å². The third-order valence-corrected chi connectivity index (χ3v) is 7.73. The van der Waals surface area contributed by atoms with E-state index in [1.54, 1.807) is 0 Å². The van der Waals surface area contributed by atoms with Crippen LogP contribution in [0, 0.1) is 34.5 Å². The van der Waals surface area contributed by atoms with Gasteiger partial charge in [0.25, 0.3) is 6.29 Å². The molecule has 1 aliphatic heterocycles. The van der Waals surface area contributed by atoms with Crippen molar-refractivity contribution in [1.29, 1.82) is 0 Å². The van der Waals surface area contributed by atoms with Crippen molar-refractivity contribution in [2.75, 3.05) is 0 Å². The van der Waals surface area contributed by atoms with Gasteiger partial charge >= 0.3 is 11.9 Å². The fourth-order valence-electron chi connectivity index (χ4n) is 6.76. The van der Waals surface area contributed by atoms with Crippen LogP contribution in [0.5, 0.6) is 0 Å². The van der Waals surface area contributed by atoms with Crippen molar-refractivity contribution < 1.29 is 23.9 Å². The van der Waals surface area contributed by atoms with Gasteiger partial charge in [-0.2, -0.15) is 0 Å². The minimum Gasteiger partial charge on any atom is -0.420 e. The summed E-state index contributed by atoms with van der Waals surface area (Å²) < 4.78 is 11.0. The molecular weight excluding hydrogens is 308 g/mol. The molecule has 1 spiro atoms. The lowest BCUT2D eigenvalue weighted by molar-refractivity contribution is -0.182. The van der Waals surface area contributed by atoms with Gasteiger partial charge in [0.1, 0.15) is 5.78 Å². The second-order valence-electron chi connectivity index (χ2n) is 8.53. The zero-order valence-electron chi connectivity index (χ0n) is 13.2. The van der Waals surface area contributed by atoms with Crippen LogP contribution in [0.1, 0.15) is 32.1 Å². The average molecular weight is 326 g/mol. The van der Waals surface area contributed by atoms with Gasteiger partial charge in [0, 0.05) is 17.4 Å². The molecule has 0 aromatic carbocycles. The minimum absolute atomic E-state index is 0.0736. The number of carbonyl (C=O) groups excluding carboxylic acids is 3. The molecule has 7 atom stereocenters. The van der Waals surface area contributed by atoms with Crippen molar-refractivity contribution in [3.05, 3.63) is 23.8 Å². The van der Waals surface area contributed by atoms with Crippen LogP contribution in [-0.2, 0) is 23.9 Å². The molecule has 1 heterocycles. The summed E-state index contributed by atoms with van der Waals surface area (Å²) >= 11 is 0. The first-order chi connectivity index (χ1) is 11.5. The number of ether oxygens (including phenoxy) is 2. The Bertz CT molecular complexity index is 779. The summed E-state index contributed by atoms with van der Waals surface area (Å²) in [5.41, 5.74) is 0.329. The van der Waals surface area contributed by atoms with Crippen LogP contribution in [0.3, 0.4) is 0 Å². The highest BCUT2D eigenvalue weighted by atomic mass is 16.7. The molecule has 24 heavy (non-hydrogen) atoms. The third kappa shape index (κ3) is 1.26. The van der Waals surface area contributed by atoms with Gasteiger partial charge in [0.15, 0.2) is 0 Å². The Labute approximate surface area is 139 Å². The zero-order valence-corrected chi connectivity index (χ0v) is 13.2. The molecule has 5 saturated carbocycles. The predicted octanol–water partition coefficient (Wildman–Crippen LogP) is 1.92. The summed E-state index contributed by atoms with van der Waals surface area (Å²) in [5.74, 6) is 0.173. The molecule has 3 bridgehead atoms. The number of rotatable bonds is 2. The average Bonchev–Trinajstić information content (AvgIpc) is 3.25. The maximum Gasteiger partial charge on any atom is 0.317 e. The standard InChI is InChI=1S/C19H18O5/c20-14-11-5-19-8-18(6-12(11)19,7-13(14)19)17(22)24-16-10-4-2-1-3-9(10)15(21)23-16/h1-2,4,9,11-13,16H,3,5-8H2/t9-,11?,12?,13-,16?,18?,19?/m0/s1. The lowest BCUT2D eigenvalue weighted by atomic mass is 9.60. The number of carbonyl (C=O) groups is 3. The highest BCUT2D eigenvalue weighted by molar-refractivity contribution is 5.95. The van der Waals surface area contributed by atoms with Gasteiger partial charge in [-0.15, -0.1) is 0 Å². The molecule has 5 heteroatoms. The Morgan fingerprint density at radius 2 is 2.12 bits per heavy atom. The highest BCUT2D eigenvalue weighted by Gasteiger charge is 2.81. The molecule has 7 aliphatic rings. The monoisotopic (exact) mass is 326 g/mol. The molecule has 0 amide bonds. The number of allylic oxidation sites excluding steroid dienone is 3. The first-order valence-corrected chi connectivity index (χ1v) is 8.86. The molecule has 6 fully saturated rings. The van der Waals surface area contributed by atoms with Crippen LogP contribution >= 0.6 is 0 Å². The maximum atomic E-state index is 13.0. The lowest BCUT2D eigenvalue weighted by Crippen LogP contribution is -2.39. The summed E-state index contributed by atoms with van der Waals surface area (Å²) in [7, 11) is 0. The summed E-state index contributed by atoms with van der Waals surface area (Å²) in [4.78, 5) is 37.3.